The molecule has 0 aromatic heterocycles. The minimum Gasteiger partial charge on any atom is -0.507 e. The number of amides is 1. The highest BCUT2D eigenvalue weighted by atomic mass is 16.5. The van der Waals surface area contributed by atoms with Gasteiger partial charge >= 0.3 is 5.97 Å². The van der Waals surface area contributed by atoms with Gasteiger partial charge in [0.1, 0.15) is 11.9 Å². The van der Waals surface area contributed by atoms with Crippen molar-refractivity contribution in [2.45, 2.75) is 84.7 Å². The SMILES string of the molecule is CCCCC1OC(=O)c2cc(NC(=O)c3cc(C(C)(C)C)cc(C(C)(C)C)c3O)ccc21. The number of cyclic esters (lactones) is 1. The van der Waals surface area contributed by atoms with Gasteiger partial charge in [-0.25, -0.2) is 4.79 Å². The topological polar surface area (TPSA) is 75.6 Å². The van der Waals surface area contributed by atoms with Crippen LogP contribution < -0.4 is 5.32 Å². The van der Waals surface area contributed by atoms with Gasteiger partial charge in [-0.3, -0.25) is 4.79 Å². The molecule has 0 radical (unpaired) electrons. The van der Waals surface area contributed by atoms with E-state index in [2.05, 4.69) is 33.0 Å². The Kier molecular flexibility index (Phi) is 6.41. The standard InChI is InChI=1S/C27H35NO4/c1-8-9-10-22-18-12-11-17(15-19(18)25(31)32-22)28-24(30)20-13-16(26(2,3)4)14-21(23(20)29)27(5,6)7/h11-15,22,29H,8-10H2,1-7H3,(H,28,30). The van der Waals surface area contributed by atoms with E-state index in [-0.39, 0.29) is 34.2 Å². The van der Waals surface area contributed by atoms with Crippen LogP contribution in [0.2, 0.25) is 0 Å². The summed E-state index contributed by atoms with van der Waals surface area (Å²) in [5.41, 5.74) is 3.28. The minimum absolute atomic E-state index is 0.0109. The van der Waals surface area contributed by atoms with Crippen LogP contribution in [0.15, 0.2) is 30.3 Å². The Morgan fingerprint density at radius 3 is 2.34 bits per heavy atom. The van der Waals surface area contributed by atoms with Crippen molar-refractivity contribution < 1.29 is 19.4 Å². The van der Waals surface area contributed by atoms with Gasteiger partial charge in [-0.2, -0.15) is 0 Å². The van der Waals surface area contributed by atoms with Crippen molar-refractivity contribution in [3.8, 4) is 5.75 Å². The third-order valence-electron chi connectivity index (χ3n) is 5.98. The molecule has 2 aromatic rings. The number of fused-ring (bicyclic) bond motifs is 1. The molecule has 1 heterocycles. The molecular weight excluding hydrogens is 402 g/mol. The van der Waals surface area contributed by atoms with Crippen molar-refractivity contribution in [2.75, 3.05) is 5.32 Å². The predicted octanol–water partition coefficient (Wildman–Crippen LogP) is 6.64. The van der Waals surface area contributed by atoms with Crippen molar-refractivity contribution >= 4 is 17.6 Å². The van der Waals surface area contributed by atoms with E-state index >= 15 is 0 Å². The van der Waals surface area contributed by atoms with Crippen LogP contribution in [0, 0.1) is 0 Å². The Bertz CT molecular complexity index is 1040. The Morgan fingerprint density at radius 2 is 1.75 bits per heavy atom. The third-order valence-corrected chi connectivity index (χ3v) is 5.98. The maximum absolute atomic E-state index is 13.2. The summed E-state index contributed by atoms with van der Waals surface area (Å²) in [6, 6.07) is 9.03. The van der Waals surface area contributed by atoms with E-state index in [0.29, 0.717) is 11.3 Å². The average Bonchev–Trinajstić information content (AvgIpc) is 2.99. The number of phenols is 1. The van der Waals surface area contributed by atoms with E-state index in [4.69, 9.17) is 4.74 Å². The van der Waals surface area contributed by atoms with Crippen molar-refractivity contribution in [1.29, 1.82) is 0 Å². The molecule has 0 aliphatic carbocycles. The number of aromatic hydroxyl groups is 1. The normalized spacial score (nSPS) is 16.0. The van der Waals surface area contributed by atoms with E-state index in [1.165, 1.54) is 0 Å². The van der Waals surface area contributed by atoms with E-state index in [9.17, 15) is 14.7 Å². The lowest BCUT2D eigenvalue weighted by molar-refractivity contribution is 0.0364. The minimum atomic E-state index is -0.409. The fraction of sp³-hybridized carbons (Fsp3) is 0.481. The summed E-state index contributed by atoms with van der Waals surface area (Å²) in [6.45, 7) is 14.4. The quantitative estimate of drug-likeness (QED) is 0.514. The number of ether oxygens (including phenoxy) is 1. The highest BCUT2D eigenvalue weighted by molar-refractivity contribution is 6.07. The highest BCUT2D eigenvalue weighted by Crippen LogP contribution is 2.39. The number of phenolic OH excluding ortho intramolecular Hbond substituents is 1. The molecule has 172 valence electrons. The zero-order valence-corrected chi connectivity index (χ0v) is 20.3. The number of carbonyl (C=O) groups excluding carboxylic acids is 2. The van der Waals surface area contributed by atoms with Crippen molar-refractivity contribution in [3.63, 3.8) is 0 Å². The number of carbonyl (C=O) groups is 2. The smallest absolute Gasteiger partial charge is 0.339 e. The maximum Gasteiger partial charge on any atom is 0.339 e. The zero-order valence-electron chi connectivity index (χ0n) is 20.3. The van der Waals surface area contributed by atoms with Crippen molar-refractivity contribution in [3.05, 3.63) is 58.1 Å². The number of hydrogen-bond donors (Lipinski definition) is 2. The van der Waals surface area contributed by atoms with E-state index in [1.807, 2.05) is 32.9 Å². The van der Waals surface area contributed by atoms with Crippen LogP contribution in [-0.2, 0) is 15.6 Å². The molecule has 5 nitrogen and oxygen atoms in total. The van der Waals surface area contributed by atoms with Gasteiger partial charge in [0.15, 0.2) is 0 Å². The van der Waals surface area contributed by atoms with Crippen LogP contribution >= 0.6 is 0 Å². The van der Waals surface area contributed by atoms with Gasteiger partial charge in [0.2, 0.25) is 0 Å². The zero-order chi connectivity index (χ0) is 23.8. The van der Waals surface area contributed by atoms with Crippen LogP contribution in [-0.4, -0.2) is 17.0 Å². The number of rotatable bonds is 5. The van der Waals surface area contributed by atoms with Gasteiger partial charge in [0.25, 0.3) is 5.91 Å². The molecule has 0 saturated heterocycles. The average molecular weight is 438 g/mol. The Morgan fingerprint density at radius 1 is 1.06 bits per heavy atom. The third kappa shape index (κ3) is 4.82. The maximum atomic E-state index is 13.2. The lowest BCUT2D eigenvalue weighted by atomic mass is 9.79. The Hall–Kier alpha value is -2.82. The van der Waals surface area contributed by atoms with Crippen LogP contribution in [0.3, 0.4) is 0 Å². The number of nitrogens with one attached hydrogen (secondary N) is 1. The summed E-state index contributed by atoms with van der Waals surface area (Å²) in [4.78, 5) is 25.5. The van der Waals surface area contributed by atoms with Crippen LogP contribution in [0.5, 0.6) is 5.75 Å². The molecule has 0 saturated carbocycles. The van der Waals surface area contributed by atoms with E-state index in [0.717, 1.165) is 36.0 Å². The predicted molar refractivity (Wildman–Crippen MR) is 128 cm³/mol. The molecule has 2 aromatic carbocycles. The number of esters is 1. The first-order valence-electron chi connectivity index (χ1n) is 11.4. The molecule has 1 amide bonds. The lowest BCUT2D eigenvalue weighted by Crippen LogP contribution is -2.20. The number of benzene rings is 2. The molecule has 3 rings (SSSR count). The van der Waals surface area contributed by atoms with Gasteiger partial charge in [-0.1, -0.05) is 67.0 Å². The second-order valence-electron chi connectivity index (χ2n) is 10.7. The largest absolute Gasteiger partial charge is 0.507 e. The number of anilines is 1. The van der Waals surface area contributed by atoms with E-state index < -0.39 is 5.91 Å². The van der Waals surface area contributed by atoms with E-state index in [1.54, 1.807) is 18.2 Å². The second kappa shape index (κ2) is 8.61. The Labute approximate surface area is 191 Å². The van der Waals surface area contributed by atoms with Crippen LogP contribution in [0.1, 0.15) is 111 Å². The summed E-state index contributed by atoms with van der Waals surface area (Å²) in [5.74, 6) is -0.777. The first-order valence-corrected chi connectivity index (χ1v) is 11.4. The van der Waals surface area contributed by atoms with Crippen molar-refractivity contribution in [1.82, 2.24) is 0 Å². The summed E-state index contributed by atoms with van der Waals surface area (Å²) < 4.78 is 5.51. The molecule has 5 heteroatoms. The molecule has 1 atom stereocenters. The fourth-order valence-electron chi connectivity index (χ4n) is 3.96. The van der Waals surface area contributed by atoms with Gasteiger partial charge in [-0.15, -0.1) is 0 Å². The van der Waals surface area contributed by atoms with Crippen LogP contribution in [0.4, 0.5) is 5.69 Å². The van der Waals surface area contributed by atoms with Crippen LogP contribution in [0.25, 0.3) is 0 Å². The second-order valence-corrected chi connectivity index (χ2v) is 10.7. The number of hydrogen-bond acceptors (Lipinski definition) is 4. The summed E-state index contributed by atoms with van der Waals surface area (Å²) >= 11 is 0. The molecule has 32 heavy (non-hydrogen) atoms. The summed E-state index contributed by atoms with van der Waals surface area (Å²) in [7, 11) is 0. The molecule has 0 fully saturated rings. The molecule has 2 N–H and O–H groups in total. The molecular formula is C27H35NO4. The van der Waals surface area contributed by atoms with Gasteiger partial charge < -0.3 is 15.2 Å². The molecule has 1 unspecified atom stereocenters. The lowest BCUT2D eigenvalue weighted by Gasteiger charge is -2.27. The first-order chi connectivity index (χ1) is 14.8. The number of unbranched alkanes of at least 4 members (excludes halogenated alkanes) is 1. The van der Waals surface area contributed by atoms with Gasteiger partial charge in [0.05, 0.1) is 11.1 Å². The van der Waals surface area contributed by atoms with Crippen molar-refractivity contribution in [2.24, 2.45) is 0 Å². The Balaban J connectivity index is 1.94. The van der Waals surface area contributed by atoms with Gasteiger partial charge in [-0.05, 0) is 47.4 Å². The van der Waals surface area contributed by atoms with Gasteiger partial charge in [0, 0.05) is 16.8 Å². The molecule has 0 spiro atoms. The summed E-state index contributed by atoms with van der Waals surface area (Å²) in [6.07, 6.45) is 2.59. The highest BCUT2D eigenvalue weighted by Gasteiger charge is 2.31. The monoisotopic (exact) mass is 437 g/mol. The molecule has 0 bridgehead atoms. The first kappa shape index (κ1) is 23.8. The summed E-state index contributed by atoms with van der Waals surface area (Å²) in [5, 5.41) is 13.8. The molecule has 1 aliphatic heterocycles. The fourth-order valence-corrected chi connectivity index (χ4v) is 3.96. The molecule has 1 aliphatic rings.